The van der Waals surface area contributed by atoms with Crippen molar-refractivity contribution in [1.29, 1.82) is 0 Å². The van der Waals surface area contributed by atoms with E-state index in [1.165, 1.54) is 16.7 Å². The van der Waals surface area contributed by atoms with Crippen LogP contribution in [0.15, 0.2) is 65.6 Å². The largest absolute Gasteiger partial charge is 0.448 e. The second-order valence-electron chi connectivity index (χ2n) is 4.80. The van der Waals surface area contributed by atoms with Crippen LogP contribution in [0.25, 0.3) is 5.69 Å². The first-order chi connectivity index (χ1) is 11.1. The van der Waals surface area contributed by atoms with Gasteiger partial charge in [-0.1, -0.05) is 41.4 Å². The number of nitrogens with zero attached hydrogens (tertiary/aromatic N) is 1. The molecule has 0 radical (unpaired) electrons. The van der Waals surface area contributed by atoms with Crippen molar-refractivity contribution in [3.63, 3.8) is 0 Å². The van der Waals surface area contributed by atoms with Crippen molar-refractivity contribution in [3.8, 4) is 17.2 Å². The number of para-hydroxylation sites is 1. The van der Waals surface area contributed by atoms with Gasteiger partial charge >= 0.3 is 0 Å². The van der Waals surface area contributed by atoms with Crippen LogP contribution in [0.5, 0.6) is 11.5 Å². The Kier molecular flexibility index (Phi) is 4.28. The van der Waals surface area contributed by atoms with Gasteiger partial charge in [-0.15, -0.1) is 0 Å². The topological polar surface area (TPSA) is 57.2 Å². The molecular weight excluding hydrogens is 335 g/mol. The van der Waals surface area contributed by atoms with Gasteiger partial charge in [-0.2, -0.15) is 0 Å². The molecule has 0 aliphatic rings. The molecule has 2 N–H and O–H groups in total. The standard InChI is InChI=1S/C17H12Cl2N2O2/c18-13-9-11(20)10-14(19)16(13)23-15-7-4-8-21(17(15)22)12-5-2-1-3-6-12/h1-10H,20H2. The van der Waals surface area contributed by atoms with Crippen molar-refractivity contribution in [2.75, 3.05) is 5.73 Å². The van der Waals surface area contributed by atoms with Gasteiger partial charge in [-0.3, -0.25) is 9.36 Å². The van der Waals surface area contributed by atoms with E-state index in [0.717, 1.165) is 5.69 Å². The summed E-state index contributed by atoms with van der Waals surface area (Å²) in [5.74, 6) is 0.315. The van der Waals surface area contributed by atoms with Gasteiger partial charge in [0.25, 0.3) is 5.56 Å². The zero-order valence-corrected chi connectivity index (χ0v) is 13.4. The van der Waals surface area contributed by atoms with E-state index in [1.54, 1.807) is 18.3 Å². The molecule has 3 rings (SSSR count). The van der Waals surface area contributed by atoms with Crippen molar-refractivity contribution in [2.24, 2.45) is 0 Å². The van der Waals surface area contributed by atoms with Gasteiger partial charge in [-0.25, -0.2) is 0 Å². The molecule has 0 aliphatic carbocycles. The van der Waals surface area contributed by atoms with Gasteiger partial charge in [0.1, 0.15) is 0 Å². The molecule has 23 heavy (non-hydrogen) atoms. The molecule has 0 saturated heterocycles. The Morgan fingerprint density at radius 2 is 1.61 bits per heavy atom. The van der Waals surface area contributed by atoms with E-state index >= 15 is 0 Å². The van der Waals surface area contributed by atoms with Gasteiger partial charge in [0.2, 0.25) is 0 Å². The Hall–Kier alpha value is -2.43. The maximum atomic E-state index is 12.6. The maximum absolute atomic E-state index is 12.6. The molecule has 0 amide bonds. The predicted octanol–water partition coefficient (Wildman–Crippen LogP) is 4.52. The van der Waals surface area contributed by atoms with Gasteiger partial charge in [0.05, 0.1) is 10.0 Å². The van der Waals surface area contributed by atoms with E-state index in [0.29, 0.717) is 5.69 Å². The fourth-order valence-electron chi connectivity index (χ4n) is 2.13. The molecule has 0 saturated carbocycles. The number of hydrogen-bond donors (Lipinski definition) is 1. The SMILES string of the molecule is Nc1cc(Cl)c(Oc2cccn(-c3ccccc3)c2=O)c(Cl)c1. The van der Waals surface area contributed by atoms with E-state index < -0.39 is 0 Å². The quantitative estimate of drug-likeness (QED) is 0.709. The van der Waals surface area contributed by atoms with Gasteiger partial charge in [0, 0.05) is 17.6 Å². The van der Waals surface area contributed by atoms with Crippen LogP contribution in [0.2, 0.25) is 10.0 Å². The first-order valence-corrected chi connectivity index (χ1v) is 7.51. The third kappa shape index (κ3) is 3.18. The molecule has 4 nitrogen and oxygen atoms in total. The van der Waals surface area contributed by atoms with E-state index in [1.807, 2.05) is 30.3 Å². The number of anilines is 1. The smallest absolute Gasteiger partial charge is 0.298 e. The molecule has 1 aromatic heterocycles. The Morgan fingerprint density at radius 3 is 2.26 bits per heavy atom. The van der Waals surface area contributed by atoms with Crippen LogP contribution in [0.3, 0.4) is 0 Å². The number of ether oxygens (including phenoxy) is 1. The molecule has 116 valence electrons. The van der Waals surface area contributed by atoms with Crippen LogP contribution in [0.1, 0.15) is 0 Å². The van der Waals surface area contributed by atoms with E-state index in [9.17, 15) is 4.79 Å². The second-order valence-corrected chi connectivity index (χ2v) is 5.61. The van der Waals surface area contributed by atoms with Crippen molar-refractivity contribution in [2.45, 2.75) is 0 Å². The molecule has 2 aromatic carbocycles. The lowest BCUT2D eigenvalue weighted by molar-refractivity contribution is 0.472. The Balaban J connectivity index is 2.05. The molecule has 6 heteroatoms. The first-order valence-electron chi connectivity index (χ1n) is 6.76. The Labute approximate surface area is 142 Å². The van der Waals surface area contributed by atoms with Gasteiger partial charge in [0.15, 0.2) is 11.5 Å². The lowest BCUT2D eigenvalue weighted by atomic mass is 10.3. The van der Waals surface area contributed by atoms with Crippen LogP contribution < -0.4 is 16.0 Å². The number of rotatable bonds is 3. The summed E-state index contributed by atoms with van der Waals surface area (Å²) in [5.41, 5.74) is 6.50. The minimum atomic E-state index is -0.317. The second kappa shape index (κ2) is 6.36. The summed E-state index contributed by atoms with van der Waals surface area (Å²) in [6.07, 6.45) is 1.66. The zero-order valence-electron chi connectivity index (χ0n) is 11.9. The summed E-state index contributed by atoms with van der Waals surface area (Å²) in [7, 11) is 0. The molecular formula is C17H12Cl2N2O2. The number of nitrogen functional groups attached to an aromatic ring is 1. The fraction of sp³-hybridized carbons (Fsp3) is 0. The molecule has 0 aliphatic heterocycles. The Morgan fingerprint density at radius 1 is 0.957 bits per heavy atom. The first kappa shape index (κ1) is 15.5. The number of halogens is 2. The lowest BCUT2D eigenvalue weighted by Gasteiger charge is -2.12. The van der Waals surface area contributed by atoms with Crippen LogP contribution in [0.4, 0.5) is 5.69 Å². The third-order valence-electron chi connectivity index (χ3n) is 3.18. The molecule has 1 heterocycles. The number of pyridine rings is 1. The van der Waals surface area contributed by atoms with Crippen LogP contribution in [-0.2, 0) is 0 Å². The maximum Gasteiger partial charge on any atom is 0.298 e. The van der Waals surface area contributed by atoms with Crippen molar-refractivity contribution in [3.05, 3.63) is 81.2 Å². The number of hydrogen-bond acceptors (Lipinski definition) is 3. The van der Waals surface area contributed by atoms with Crippen LogP contribution in [-0.4, -0.2) is 4.57 Å². The average Bonchev–Trinajstić information content (AvgIpc) is 2.53. The summed E-state index contributed by atoms with van der Waals surface area (Å²) in [4.78, 5) is 12.6. The molecule has 0 atom stereocenters. The minimum Gasteiger partial charge on any atom is -0.448 e. The number of aromatic nitrogens is 1. The number of nitrogens with two attached hydrogens (primary N) is 1. The highest BCUT2D eigenvalue weighted by Crippen LogP contribution is 2.37. The predicted molar refractivity (Wildman–Crippen MR) is 93.0 cm³/mol. The summed E-state index contributed by atoms with van der Waals surface area (Å²) in [5, 5.41) is 0.481. The monoisotopic (exact) mass is 346 g/mol. The lowest BCUT2D eigenvalue weighted by Crippen LogP contribution is -2.18. The van der Waals surface area contributed by atoms with Crippen molar-refractivity contribution >= 4 is 28.9 Å². The van der Waals surface area contributed by atoms with Crippen molar-refractivity contribution < 1.29 is 4.74 Å². The molecule has 0 unspecified atom stereocenters. The summed E-state index contributed by atoms with van der Waals surface area (Å²) in [6, 6.07) is 15.5. The van der Waals surface area contributed by atoms with Crippen molar-refractivity contribution in [1.82, 2.24) is 4.57 Å². The molecule has 0 fully saturated rings. The van der Waals surface area contributed by atoms with E-state index in [4.69, 9.17) is 33.7 Å². The molecule has 0 bridgehead atoms. The Bertz CT molecular complexity index is 885. The average molecular weight is 347 g/mol. The normalized spacial score (nSPS) is 10.5. The fourth-order valence-corrected chi connectivity index (χ4v) is 2.71. The van der Waals surface area contributed by atoms with Gasteiger partial charge < -0.3 is 10.5 Å². The van der Waals surface area contributed by atoms with Crippen LogP contribution in [0, 0.1) is 0 Å². The highest BCUT2D eigenvalue weighted by Gasteiger charge is 2.13. The molecule has 3 aromatic rings. The van der Waals surface area contributed by atoms with Crippen LogP contribution >= 0.6 is 23.2 Å². The van der Waals surface area contributed by atoms with E-state index in [-0.39, 0.29) is 27.1 Å². The summed E-state index contributed by atoms with van der Waals surface area (Å²) >= 11 is 12.2. The molecule has 0 spiro atoms. The highest BCUT2D eigenvalue weighted by molar-refractivity contribution is 6.37. The van der Waals surface area contributed by atoms with Gasteiger partial charge in [-0.05, 0) is 36.4 Å². The highest BCUT2D eigenvalue weighted by atomic mass is 35.5. The third-order valence-corrected chi connectivity index (χ3v) is 3.74. The minimum absolute atomic E-state index is 0.116. The summed E-state index contributed by atoms with van der Waals surface area (Å²) in [6.45, 7) is 0. The summed E-state index contributed by atoms with van der Waals surface area (Å²) < 4.78 is 7.12. The van der Waals surface area contributed by atoms with E-state index in [2.05, 4.69) is 0 Å². The number of benzene rings is 2. The zero-order chi connectivity index (χ0) is 16.4.